The zero-order valence-electron chi connectivity index (χ0n) is 21.9. The number of amides is 1. The number of thiazole rings is 1. The summed E-state index contributed by atoms with van der Waals surface area (Å²) in [6.07, 6.45) is 0. The third-order valence-electron chi connectivity index (χ3n) is 5.39. The van der Waals surface area contributed by atoms with Gasteiger partial charge in [-0.1, -0.05) is 29.0 Å². The monoisotopic (exact) mass is 602 g/mol. The van der Waals surface area contributed by atoms with Crippen molar-refractivity contribution < 1.29 is 31.1 Å². The zero-order valence-corrected chi connectivity index (χ0v) is 24.3. The SMILES string of the molecule is COc1ccc(Oc2ccc(NS(=O)(=O)c3sc(NC(C)=O)nc3C)c(NS(=O)(=O)c3ccc(C)cc3)c2)cc1. The number of rotatable bonds is 10. The summed E-state index contributed by atoms with van der Waals surface area (Å²) in [5.41, 5.74) is 0.925. The molecule has 0 aliphatic carbocycles. The molecule has 11 nitrogen and oxygen atoms in total. The molecule has 0 aliphatic heterocycles. The number of aryl methyl sites for hydroxylation is 2. The number of carbonyl (C=O) groups excluding carboxylic acids is 1. The van der Waals surface area contributed by atoms with Gasteiger partial charge in [-0.25, -0.2) is 21.8 Å². The Morgan fingerprint density at radius 1 is 0.800 bits per heavy atom. The minimum absolute atomic E-state index is 0.00775. The minimum atomic E-state index is -4.22. The van der Waals surface area contributed by atoms with Gasteiger partial charge in [0.25, 0.3) is 20.0 Å². The summed E-state index contributed by atoms with van der Waals surface area (Å²) in [5.74, 6) is 0.929. The molecule has 1 aromatic heterocycles. The minimum Gasteiger partial charge on any atom is -0.497 e. The lowest BCUT2D eigenvalue weighted by molar-refractivity contribution is -0.114. The van der Waals surface area contributed by atoms with E-state index < -0.39 is 26.0 Å². The van der Waals surface area contributed by atoms with Crippen molar-refractivity contribution >= 4 is 53.8 Å². The van der Waals surface area contributed by atoms with Gasteiger partial charge in [0.05, 0.1) is 29.1 Å². The Labute approximate surface area is 236 Å². The first-order chi connectivity index (χ1) is 18.9. The van der Waals surface area contributed by atoms with Crippen LogP contribution in [-0.4, -0.2) is 34.8 Å². The topological polar surface area (TPSA) is 153 Å². The first kappa shape index (κ1) is 28.9. The normalized spacial score (nSPS) is 11.5. The summed E-state index contributed by atoms with van der Waals surface area (Å²) in [5, 5.41) is 2.58. The summed E-state index contributed by atoms with van der Waals surface area (Å²) in [7, 11) is -6.79. The molecule has 1 amide bonds. The Hall–Kier alpha value is -4.14. The maximum atomic E-state index is 13.3. The van der Waals surface area contributed by atoms with Crippen LogP contribution in [0.3, 0.4) is 0 Å². The quantitative estimate of drug-likeness (QED) is 0.226. The highest BCUT2D eigenvalue weighted by Crippen LogP contribution is 2.35. The van der Waals surface area contributed by atoms with Gasteiger partial charge < -0.3 is 14.8 Å². The Kier molecular flexibility index (Phi) is 8.32. The maximum absolute atomic E-state index is 13.3. The van der Waals surface area contributed by atoms with Gasteiger partial charge in [0.15, 0.2) is 9.34 Å². The van der Waals surface area contributed by atoms with Crippen LogP contribution < -0.4 is 24.2 Å². The summed E-state index contributed by atoms with van der Waals surface area (Å²) in [6, 6.07) is 17.2. The fourth-order valence-electron chi connectivity index (χ4n) is 3.49. The van der Waals surface area contributed by atoms with Crippen LogP contribution in [0.1, 0.15) is 18.2 Å². The molecule has 3 aromatic carbocycles. The largest absolute Gasteiger partial charge is 0.497 e. The van der Waals surface area contributed by atoms with Crippen molar-refractivity contribution in [1.82, 2.24) is 4.98 Å². The van der Waals surface area contributed by atoms with Crippen molar-refractivity contribution in [3.63, 3.8) is 0 Å². The summed E-state index contributed by atoms with van der Waals surface area (Å²) >= 11 is 0.772. The number of sulfonamides is 2. The molecule has 4 rings (SSSR count). The molecule has 3 N–H and O–H groups in total. The second kappa shape index (κ2) is 11.5. The molecule has 0 unspecified atom stereocenters. The number of hydrogen-bond donors (Lipinski definition) is 3. The first-order valence-corrected chi connectivity index (χ1v) is 15.5. The maximum Gasteiger partial charge on any atom is 0.273 e. The molecule has 0 bridgehead atoms. The van der Waals surface area contributed by atoms with Crippen LogP contribution in [0.2, 0.25) is 0 Å². The highest BCUT2D eigenvalue weighted by molar-refractivity contribution is 7.95. The lowest BCUT2D eigenvalue weighted by Crippen LogP contribution is -2.17. The van der Waals surface area contributed by atoms with Crippen molar-refractivity contribution in [2.75, 3.05) is 21.9 Å². The second-order valence-electron chi connectivity index (χ2n) is 8.58. The Balaban J connectivity index is 1.71. The molecule has 14 heteroatoms. The Bertz CT molecular complexity index is 1750. The fraction of sp³-hybridized carbons (Fsp3) is 0.154. The van der Waals surface area contributed by atoms with E-state index in [1.807, 2.05) is 6.92 Å². The fourth-order valence-corrected chi connectivity index (χ4v) is 7.10. The number of benzene rings is 3. The summed E-state index contributed by atoms with van der Waals surface area (Å²) in [6.45, 7) is 4.60. The number of anilines is 3. The van der Waals surface area contributed by atoms with E-state index >= 15 is 0 Å². The predicted molar refractivity (Wildman–Crippen MR) is 153 cm³/mol. The lowest BCUT2D eigenvalue weighted by Gasteiger charge is -2.16. The van der Waals surface area contributed by atoms with E-state index in [0.29, 0.717) is 11.5 Å². The average Bonchev–Trinajstić information content (AvgIpc) is 3.26. The molecule has 0 aliphatic rings. The summed E-state index contributed by atoms with van der Waals surface area (Å²) in [4.78, 5) is 15.5. The Morgan fingerprint density at radius 3 is 2.02 bits per heavy atom. The Morgan fingerprint density at radius 2 is 1.40 bits per heavy atom. The second-order valence-corrected chi connectivity index (χ2v) is 13.1. The molecule has 0 atom stereocenters. The molecule has 0 saturated carbocycles. The van der Waals surface area contributed by atoms with Gasteiger partial charge in [0, 0.05) is 13.0 Å². The van der Waals surface area contributed by atoms with Gasteiger partial charge >= 0.3 is 0 Å². The molecule has 0 saturated heterocycles. The van der Waals surface area contributed by atoms with E-state index in [9.17, 15) is 21.6 Å². The number of carbonyl (C=O) groups is 1. The molecule has 0 spiro atoms. The van der Waals surface area contributed by atoms with E-state index in [4.69, 9.17) is 9.47 Å². The molecule has 40 heavy (non-hydrogen) atoms. The van der Waals surface area contributed by atoms with Gasteiger partial charge in [-0.05, 0) is 62.4 Å². The van der Waals surface area contributed by atoms with Gasteiger partial charge in [-0.3, -0.25) is 14.2 Å². The van der Waals surface area contributed by atoms with E-state index in [-0.39, 0.29) is 37.1 Å². The van der Waals surface area contributed by atoms with Crippen LogP contribution in [0.4, 0.5) is 16.5 Å². The average molecular weight is 603 g/mol. The van der Waals surface area contributed by atoms with Crippen LogP contribution in [0.5, 0.6) is 17.2 Å². The van der Waals surface area contributed by atoms with Gasteiger partial charge in [0.1, 0.15) is 17.2 Å². The molecule has 4 aromatic rings. The highest BCUT2D eigenvalue weighted by Gasteiger charge is 2.25. The molecule has 210 valence electrons. The van der Waals surface area contributed by atoms with E-state index in [2.05, 4.69) is 19.7 Å². The van der Waals surface area contributed by atoms with Crippen LogP contribution in [0.15, 0.2) is 75.8 Å². The predicted octanol–water partition coefficient (Wildman–Crippen LogP) is 5.12. The highest BCUT2D eigenvalue weighted by atomic mass is 32.2. The smallest absolute Gasteiger partial charge is 0.273 e. The standard InChI is InChI=1S/C26H26N4O7S3/c1-16-5-12-22(13-6-16)39(32,33)30-24-15-21(37-20-9-7-19(36-4)8-10-20)11-14-23(24)29-40(34,35)25-17(2)27-26(38-25)28-18(3)31/h5-15,29-30H,1-4H3,(H,27,28,31). The number of aromatic nitrogens is 1. The van der Waals surface area contributed by atoms with Crippen LogP contribution >= 0.6 is 11.3 Å². The van der Waals surface area contributed by atoms with Crippen molar-refractivity contribution in [2.45, 2.75) is 29.9 Å². The van der Waals surface area contributed by atoms with E-state index in [0.717, 1.165) is 16.9 Å². The molecular formula is C26H26N4O7S3. The number of nitrogens with zero attached hydrogens (tertiary/aromatic N) is 1. The van der Waals surface area contributed by atoms with Crippen LogP contribution in [0, 0.1) is 13.8 Å². The molecule has 0 fully saturated rings. The number of nitrogens with one attached hydrogen (secondary N) is 3. The van der Waals surface area contributed by atoms with Crippen LogP contribution in [0.25, 0.3) is 0 Å². The lowest BCUT2D eigenvalue weighted by atomic mass is 10.2. The third kappa shape index (κ3) is 6.89. The number of hydrogen-bond acceptors (Lipinski definition) is 9. The third-order valence-corrected chi connectivity index (χ3v) is 9.82. The molecule has 1 heterocycles. The van der Waals surface area contributed by atoms with Crippen molar-refractivity contribution in [1.29, 1.82) is 0 Å². The van der Waals surface area contributed by atoms with Gasteiger partial charge in [-0.15, -0.1) is 0 Å². The molecule has 0 radical (unpaired) electrons. The van der Waals surface area contributed by atoms with Crippen molar-refractivity contribution in [3.8, 4) is 17.2 Å². The van der Waals surface area contributed by atoms with Gasteiger partial charge in [-0.2, -0.15) is 0 Å². The number of ether oxygens (including phenoxy) is 2. The van der Waals surface area contributed by atoms with Crippen molar-refractivity contribution in [2.24, 2.45) is 0 Å². The van der Waals surface area contributed by atoms with Crippen molar-refractivity contribution in [3.05, 3.63) is 78.0 Å². The van der Waals surface area contributed by atoms with E-state index in [1.54, 1.807) is 36.4 Å². The van der Waals surface area contributed by atoms with Crippen LogP contribution in [-0.2, 0) is 24.8 Å². The number of methoxy groups -OCH3 is 1. The molecular weight excluding hydrogens is 577 g/mol. The van der Waals surface area contributed by atoms with E-state index in [1.165, 1.54) is 51.3 Å². The first-order valence-electron chi connectivity index (χ1n) is 11.7. The summed E-state index contributed by atoms with van der Waals surface area (Å²) < 4.78 is 68.8. The van der Waals surface area contributed by atoms with Gasteiger partial charge in [0.2, 0.25) is 5.91 Å². The zero-order chi connectivity index (χ0) is 29.1.